The van der Waals surface area contributed by atoms with E-state index in [2.05, 4.69) is 15.5 Å². The lowest BCUT2D eigenvalue weighted by Gasteiger charge is -2.32. The lowest BCUT2D eigenvalue weighted by molar-refractivity contribution is -0.154. The van der Waals surface area contributed by atoms with E-state index in [4.69, 9.17) is 4.52 Å². The Bertz CT molecular complexity index is 506. The second-order valence-corrected chi connectivity index (χ2v) is 5.66. The third kappa shape index (κ3) is 4.03. The third-order valence-corrected chi connectivity index (χ3v) is 3.99. The molecule has 21 heavy (non-hydrogen) atoms. The topological polar surface area (TPSA) is 105 Å². The van der Waals surface area contributed by atoms with Gasteiger partial charge in [0, 0.05) is 19.4 Å². The first-order valence-corrected chi connectivity index (χ1v) is 7.31. The molecule has 1 heterocycles. The molecule has 2 rings (SSSR count). The van der Waals surface area contributed by atoms with Gasteiger partial charge in [-0.25, -0.2) is 0 Å². The second kappa shape index (κ2) is 6.69. The zero-order valence-corrected chi connectivity index (χ0v) is 12.2. The molecule has 1 fully saturated rings. The van der Waals surface area contributed by atoms with Crippen LogP contribution in [0.3, 0.4) is 0 Å². The number of aliphatic carboxylic acids is 1. The molecule has 0 aromatic carbocycles. The van der Waals surface area contributed by atoms with Gasteiger partial charge >= 0.3 is 5.97 Å². The fourth-order valence-corrected chi connectivity index (χ4v) is 2.82. The van der Waals surface area contributed by atoms with Gasteiger partial charge in [0.15, 0.2) is 5.82 Å². The van der Waals surface area contributed by atoms with Gasteiger partial charge in [-0.15, -0.1) is 0 Å². The van der Waals surface area contributed by atoms with E-state index in [9.17, 15) is 14.7 Å². The first kappa shape index (κ1) is 15.5. The summed E-state index contributed by atoms with van der Waals surface area (Å²) in [6, 6.07) is 0. The zero-order chi connectivity index (χ0) is 15.3. The summed E-state index contributed by atoms with van der Waals surface area (Å²) in [6.07, 6.45) is 4.46. The molecule has 1 aromatic rings. The molecule has 1 aliphatic carbocycles. The zero-order valence-electron chi connectivity index (χ0n) is 12.2. The van der Waals surface area contributed by atoms with Crippen LogP contribution in [0.4, 0.5) is 0 Å². The number of aryl methyl sites for hydroxylation is 1. The number of nitrogens with zero attached hydrogens (tertiary/aromatic N) is 2. The molecular weight excluding hydrogens is 274 g/mol. The van der Waals surface area contributed by atoms with Crippen molar-refractivity contribution in [3.8, 4) is 0 Å². The minimum absolute atomic E-state index is 0.0468. The summed E-state index contributed by atoms with van der Waals surface area (Å²) < 4.78 is 4.95. The Labute approximate surface area is 123 Å². The van der Waals surface area contributed by atoms with Crippen molar-refractivity contribution in [1.82, 2.24) is 15.5 Å². The van der Waals surface area contributed by atoms with E-state index < -0.39 is 11.4 Å². The Kier molecular flexibility index (Phi) is 4.93. The summed E-state index contributed by atoms with van der Waals surface area (Å²) in [5.74, 6) is -0.0535. The van der Waals surface area contributed by atoms with Gasteiger partial charge in [0.05, 0.1) is 5.41 Å². The number of rotatable bonds is 6. The molecule has 0 aliphatic heterocycles. The van der Waals surface area contributed by atoms with Crippen molar-refractivity contribution in [2.75, 3.05) is 6.54 Å². The maximum absolute atomic E-state index is 12.0. The van der Waals surface area contributed by atoms with Crippen molar-refractivity contribution in [3.05, 3.63) is 11.7 Å². The van der Waals surface area contributed by atoms with Gasteiger partial charge in [0.25, 0.3) is 0 Å². The molecule has 0 atom stereocenters. The molecular formula is C14H21N3O4. The number of amides is 1. The monoisotopic (exact) mass is 295 g/mol. The quantitative estimate of drug-likeness (QED) is 0.823. The van der Waals surface area contributed by atoms with Gasteiger partial charge in [-0.2, -0.15) is 4.98 Å². The molecule has 0 saturated heterocycles. The number of hydrogen-bond acceptors (Lipinski definition) is 5. The van der Waals surface area contributed by atoms with Gasteiger partial charge in [0.2, 0.25) is 11.8 Å². The standard InChI is InChI=1S/C14H21N3O4/c1-10-16-12(21-17-10)5-8-15-11(18)9-14(13(19)20)6-3-2-4-7-14/h2-9H2,1H3,(H,15,18)(H,19,20). The number of carboxylic acid groups (broad SMARTS) is 1. The summed E-state index contributed by atoms with van der Waals surface area (Å²) in [6.45, 7) is 2.10. The maximum Gasteiger partial charge on any atom is 0.310 e. The summed E-state index contributed by atoms with van der Waals surface area (Å²) in [5.41, 5.74) is -0.886. The fraction of sp³-hybridized carbons (Fsp3) is 0.714. The number of carbonyl (C=O) groups excluding carboxylic acids is 1. The second-order valence-electron chi connectivity index (χ2n) is 5.66. The first-order valence-electron chi connectivity index (χ1n) is 7.31. The first-order chi connectivity index (χ1) is 10.0. The molecule has 7 heteroatoms. The fourth-order valence-electron chi connectivity index (χ4n) is 2.82. The van der Waals surface area contributed by atoms with E-state index >= 15 is 0 Å². The number of carbonyl (C=O) groups is 2. The highest BCUT2D eigenvalue weighted by Crippen LogP contribution is 2.39. The van der Waals surface area contributed by atoms with E-state index in [0.29, 0.717) is 37.5 Å². The van der Waals surface area contributed by atoms with Gasteiger partial charge in [-0.1, -0.05) is 24.4 Å². The highest BCUT2D eigenvalue weighted by molar-refractivity contribution is 5.85. The Morgan fingerprint density at radius 3 is 2.62 bits per heavy atom. The van der Waals surface area contributed by atoms with Gasteiger partial charge in [0.1, 0.15) is 0 Å². The molecule has 0 unspecified atom stereocenters. The summed E-state index contributed by atoms with van der Waals surface area (Å²) in [7, 11) is 0. The average Bonchev–Trinajstić information content (AvgIpc) is 2.85. The van der Waals surface area contributed by atoms with Crippen molar-refractivity contribution in [1.29, 1.82) is 0 Å². The minimum atomic E-state index is -0.886. The van der Waals surface area contributed by atoms with Crippen LogP contribution < -0.4 is 5.32 Å². The molecule has 2 N–H and O–H groups in total. The van der Waals surface area contributed by atoms with E-state index in [1.165, 1.54) is 0 Å². The smallest absolute Gasteiger partial charge is 0.310 e. The van der Waals surface area contributed by atoms with Crippen LogP contribution in [0.1, 0.15) is 50.2 Å². The third-order valence-electron chi connectivity index (χ3n) is 3.99. The van der Waals surface area contributed by atoms with Crippen LogP contribution in [0.15, 0.2) is 4.52 Å². The van der Waals surface area contributed by atoms with Crippen LogP contribution in [0, 0.1) is 12.3 Å². The van der Waals surface area contributed by atoms with Crippen LogP contribution in [0.25, 0.3) is 0 Å². The van der Waals surface area contributed by atoms with Crippen molar-refractivity contribution in [2.45, 2.75) is 51.9 Å². The molecule has 0 radical (unpaired) electrons. The summed E-state index contributed by atoms with van der Waals surface area (Å²) in [4.78, 5) is 27.5. The maximum atomic E-state index is 12.0. The average molecular weight is 295 g/mol. The predicted octanol–water partition coefficient (Wildman–Crippen LogP) is 1.46. The van der Waals surface area contributed by atoms with Crippen molar-refractivity contribution in [2.24, 2.45) is 5.41 Å². The van der Waals surface area contributed by atoms with Crippen molar-refractivity contribution < 1.29 is 19.2 Å². The Morgan fingerprint density at radius 1 is 1.33 bits per heavy atom. The molecule has 1 aromatic heterocycles. The normalized spacial score (nSPS) is 17.4. The van der Waals surface area contributed by atoms with Crippen LogP contribution in [-0.2, 0) is 16.0 Å². The Balaban J connectivity index is 1.81. The highest BCUT2D eigenvalue weighted by Gasteiger charge is 2.41. The minimum Gasteiger partial charge on any atom is -0.481 e. The molecule has 1 saturated carbocycles. The molecule has 0 bridgehead atoms. The van der Waals surface area contributed by atoms with Crippen LogP contribution in [0.2, 0.25) is 0 Å². The lowest BCUT2D eigenvalue weighted by atomic mass is 9.71. The van der Waals surface area contributed by atoms with Crippen molar-refractivity contribution in [3.63, 3.8) is 0 Å². The molecule has 116 valence electrons. The number of aromatic nitrogens is 2. The van der Waals surface area contributed by atoms with Crippen molar-refractivity contribution >= 4 is 11.9 Å². The number of nitrogens with one attached hydrogen (secondary N) is 1. The van der Waals surface area contributed by atoms with Gasteiger partial charge in [-0.05, 0) is 19.8 Å². The SMILES string of the molecule is Cc1noc(CCNC(=O)CC2(C(=O)O)CCCCC2)n1. The Hall–Kier alpha value is -1.92. The number of hydrogen-bond donors (Lipinski definition) is 2. The van der Waals surface area contributed by atoms with E-state index in [1.807, 2.05) is 0 Å². The van der Waals surface area contributed by atoms with E-state index in [0.717, 1.165) is 19.3 Å². The van der Waals surface area contributed by atoms with Gasteiger partial charge in [-0.3, -0.25) is 9.59 Å². The molecule has 0 spiro atoms. The lowest BCUT2D eigenvalue weighted by Crippen LogP contribution is -2.39. The van der Waals surface area contributed by atoms with Gasteiger partial charge < -0.3 is 14.9 Å². The highest BCUT2D eigenvalue weighted by atomic mass is 16.5. The summed E-state index contributed by atoms with van der Waals surface area (Å²) >= 11 is 0. The predicted molar refractivity (Wildman–Crippen MR) is 73.5 cm³/mol. The number of carboxylic acids is 1. The summed E-state index contributed by atoms with van der Waals surface area (Å²) in [5, 5.41) is 15.8. The van der Waals surface area contributed by atoms with Crippen LogP contribution in [0.5, 0.6) is 0 Å². The van der Waals surface area contributed by atoms with E-state index in [-0.39, 0.29) is 12.3 Å². The molecule has 1 aliphatic rings. The molecule has 1 amide bonds. The Morgan fingerprint density at radius 2 is 2.05 bits per heavy atom. The van der Waals surface area contributed by atoms with E-state index in [1.54, 1.807) is 6.92 Å². The molecule has 7 nitrogen and oxygen atoms in total. The van der Waals surface area contributed by atoms with Crippen LogP contribution in [-0.4, -0.2) is 33.7 Å². The van der Waals surface area contributed by atoms with Crippen LogP contribution >= 0.6 is 0 Å². The largest absolute Gasteiger partial charge is 0.481 e.